The van der Waals surface area contributed by atoms with E-state index in [0.717, 1.165) is 25.3 Å². The van der Waals surface area contributed by atoms with E-state index in [0.29, 0.717) is 19.1 Å². The maximum absolute atomic E-state index is 5.84. The lowest BCUT2D eigenvalue weighted by molar-refractivity contribution is -0.858. The molecule has 1 rings (SSSR count). The molecule has 0 saturated carbocycles. The largest absolute Gasteiger partial charge is 0.491 e. The smallest absolute Gasteiger partial charge is 0.122 e. The molecule has 0 heterocycles. The number of hydrogen-bond donors (Lipinski definition) is 1. The fraction of sp³-hybridized carbons (Fsp3) is 0.625. The first-order valence-electron chi connectivity index (χ1n) is 7.23. The molecule has 19 heavy (non-hydrogen) atoms. The zero-order chi connectivity index (χ0) is 14.1. The van der Waals surface area contributed by atoms with Crippen LogP contribution in [0.5, 0.6) is 5.75 Å². The molecule has 0 bridgehead atoms. The lowest BCUT2D eigenvalue weighted by Gasteiger charge is -2.15. The highest BCUT2D eigenvalue weighted by Gasteiger charge is 2.09. The number of likely N-dealkylation sites (N-methyl/N-ethyl adjacent to an activating group) is 1. The lowest BCUT2D eigenvalue weighted by Crippen LogP contribution is -3.06. The van der Waals surface area contributed by atoms with Crippen molar-refractivity contribution < 1.29 is 14.4 Å². The molecular formula is C16H28NO2+. The number of rotatable bonds is 9. The number of para-hydroxylation sites is 1. The van der Waals surface area contributed by atoms with Gasteiger partial charge >= 0.3 is 0 Å². The summed E-state index contributed by atoms with van der Waals surface area (Å²) >= 11 is 0. The lowest BCUT2D eigenvalue weighted by atomic mass is 9.98. The van der Waals surface area contributed by atoms with E-state index in [1.54, 1.807) is 0 Å². The predicted octanol–water partition coefficient (Wildman–Crippen LogP) is 1.74. The molecule has 0 fully saturated rings. The zero-order valence-corrected chi connectivity index (χ0v) is 12.7. The van der Waals surface area contributed by atoms with Crippen molar-refractivity contribution in [1.29, 1.82) is 0 Å². The van der Waals surface area contributed by atoms with Gasteiger partial charge in [-0.1, -0.05) is 32.0 Å². The summed E-state index contributed by atoms with van der Waals surface area (Å²) in [5, 5.41) is 0. The van der Waals surface area contributed by atoms with Crippen LogP contribution in [0.2, 0.25) is 0 Å². The molecule has 0 saturated heterocycles. The van der Waals surface area contributed by atoms with Crippen LogP contribution in [-0.4, -0.2) is 40.5 Å². The van der Waals surface area contributed by atoms with E-state index in [2.05, 4.69) is 40.1 Å². The van der Waals surface area contributed by atoms with Gasteiger partial charge in [0.2, 0.25) is 0 Å². The molecule has 1 aromatic carbocycles. The molecule has 108 valence electrons. The number of ether oxygens (including phenoxy) is 2. The van der Waals surface area contributed by atoms with E-state index >= 15 is 0 Å². The van der Waals surface area contributed by atoms with E-state index in [1.165, 1.54) is 10.5 Å². The van der Waals surface area contributed by atoms with Crippen molar-refractivity contribution in [3.05, 3.63) is 29.8 Å². The summed E-state index contributed by atoms with van der Waals surface area (Å²) in [7, 11) is 4.25. The third-order valence-corrected chi connectivity index (χ3v) is 3.29. The van der Waals surface area contributed by atoms with Gasteiger partial charge in [0.25, 0.3) is 0 Å². The average molecular weight is 266 g/mol. The van der Waals surface area contributed by atoms with Gasteiger partial charge in [-0.25, -0.2) is 0 Å². The van der Waals surface area contributed by atoms with Crippen molar-refractivity contribution in [2.75, 3.05) is 40.5 Å². The van der Waals surface area contributed by atoms with Crippen LogP contribution in [0.25, 0.3) is 0 Å². The first-order valence-corrected chi connectivity index (χ1v) is 7.23. The van der Waals surface area contributed by atoms with Gasteiger partial charge in [-0.3, -0.25) is 0 Å². The molecule has 0 spiro atoms. The minimum atomic E-state index is 0.537. The van der Waals surface area contributed by atoms with Gasteiger partial charge in [0, 0.05) is 0 Å². The molecule has 0 unspecified atom stereocenters. The summed E-state index contributed by atoms with van der Waals surface area (Å²) in [5.74, 6) is 1.54. The van der Waals surface area contributed by atoms with Crippen LogP contribution < -0.4 is 9.64 Å². The summed E-state index contributed by atoms with van der Waals surface area (Å²) < 4.78 is 11.4. The Labute approximate surface area is 117 Å². The standard InChI is InChI=1S/C16H27NO2/c1-5-14(2)15-8-6-7-9-16(15)19-13-12-18-11-10-17(3)4/h6-9,14H,5,10-13H2,1-4H3/p+1/t14-/m0/s1. The quantitative estimate of drug-likeness (QED) is 0.688. The molecule has 1 N–H and O–H groups in total. The summed E-state index contributed by atoms with van der Waals surface area (Å²) in [6.07, 6.45) is 1.13. The SMILES string of the molecule is CC[C@H](C)c1ccccc1OCCOCC[NH+](C)C. The van der Waals surface area contributed by atoms with E-state index in [-0.39, 0.29) is 0 Å². The average Bonchev–Trinajstić information content (AvgIpc) is 2.42. The van der Waals surface area contributed by atoms with Crippen molar-refractivity contribution in [3.63, 3.8) is 0 Å². The minimum absolute atomic E-state index is 0.537. The van der Waals surface area contributed by atoms with Gasteiger partial charge in [0.05, 0.1) is 27.3 Å². The Hall–Kier alpha value is -1.06. The molecular weight excluding hydrogens is 238 g/mol. The van der Waals surface area contributed by atoms with Gasteiger partial charge in [-0.05, 0) is 24.0 Å². The second-order valence-corrected chi connectivity index (χ2v) is 5.27. The molecule has 0 aliphatic rings. The highest BCUT2D eigenvalue weighted by Crippen LogP contribution is 2.28. The van der Waals surface area contributed by atoms with Gasteiger partial charge < -0.3 is 14.4 Å². The highest BCUT2D eigenvalue weighted by molar-refractivity contribution is 5.35. The molecule has 1 atom stereocenters. The van der Waals surface area contributed by atoms with Crippen LogP contribution in [0.4, 0.5) is 0 Å². The third-order valence-electron chi connectivity index (χ3n) is 3.29. The number of nitrogens with one attached hydrogen (secondary N) is 1. The Kier molecular flexibility index (Phi) is 7.53. The van der Waals surface area contributed by atoms with Crippen molar-refractivity contribution in [3.8, 4) is 5.75 Å². The fourth-order valence-electron chi connectivity index (χ4n) is 1.83. The molecule has 0 aliphatic heterocycles. The van der Waals surface area contributed by atoms with Crippen LogP contribution in [0.1, 0.15) is 31.7 Å². The summed E-state index contributed by atoms with van der Waals surface area (Å²) in [6, 6.07) is 8.30. The first-order chi connectivity index (χ1) is 9.15. The fourth-order valence-corrected chi connectivity index (χ4v) is 1.83. The first kappa shape index (κ1) is 16.0. The Morgan fingerprint density at radius 2 is 1.84 bits per heavy atom. The van der Waals surface area contributed by atoms with Crippen LogP contribution in [0.15, 0.2) is 24.3 Å². The Balaban J connectivity index is 2.33. The zero-order valence-electron chi connectivity index (χ0n) is 12.7. The van der Waals surface area contributed by atoms with Crippen molar-refractivity contribution in [2.45, 2.75) is 26.2 Å². The van der Waals surface area contributed by atoms with Crippen LogP contribution in [0, 0.1) is 0 Å². The van der Waals surface area contributed by atoms with Crippen molar-refractivity contribution >= 4 is 0 Å². The predicted molar refractivity (Wildman–Crippen MR) is 79.1 cm³/mol. The van der Waals surface area contributed by atoms with Crippen LogP contribution >= 0.6 is 0 Å². The number of quaternary nitrogens is 1. The molecule has 0 aliphatic carbocycles. The van der Waals surface area contributed by atoms with Gasteiger partial charge in [-0.2, -0.15) is 0 Å². The van der Waals surface area contributed by atoms with Crippen LogP contribution in [0.3, 0.4) is 0 Å². The topological polar surface area (TPSA) is 22.9 Å². The van der Waals surface area contributed by atoms with E-state index in [4.69, 9.17) is 9.47 Å². The highest BCUT2D eigenvalue weighted by atomic mass is 16.5. The van der Waals surface area contributed by atoms with Gasteiger partial charge in [0.1, 0.15) is 18.9 Å². The van der Waals surface area contributed by atoms with Gasteiger partial charge in [0.15, 0.2) is 0 Å². The Morgan fingerprint density at radius 1 is 1.11 bits per heavy atom. The van der Waals surface area contributed by atoms with E-state index in [1.807, 2.05) is 12.1 Å². The van der Waals surface area contributed by atoms with Gasteiger partial charge in [-0.15, -0.1) is 0 Å². The second-order valence-electron chi connectivity index (χ2n) is 5.27. The molecule has 1 aromatic rings. The number of benzene rings is 1. The Morgan fingerprint density at radius 3 is 2.53 bits per heavy atom. The molecule has 3 heteroatoms. The monoisotopic (exact) mass is 266 g/mol. The van der Waals surface area contributed by atoms with Crippen molar-refractivity contribution in [2.24, 2.45) is 0 Å². The molecule has 0 aromatic heterocycles. The Bertz CT molecular complexity index is 352. The summed E-state index contributed by atoms with van der Waals surface area (Å²) in [5.41, 5.74) is 1.29. The molecule has 0 amide bonds. The maximum Gasteiger partial charge on any atom is 0.122 e. The summed E-state index contributed by atoms with van der Waals surface area (Å²) in [4.78, 5) is 1.41. The third kappa shape index (κ3) is 6.08. The maximum atomic E-state index is 5.84. The molecule has 3 nitrogen and oxygen atoms in total. The van der Waals surface area contributed by atoms with Crippen LogP contribution in [-0.2, 0) is 4.74 Å². The van der Waals surface area contributed by atoms with Crippen molar-refractivity contribution in [1.82, 2.24) is 0 Å². The minimum Gasteiger partial charge on any atom is -0.491 e. The van der Waals surface area contributed by atoms with E-state index in [9.17, 15) is 0 Å². The second kappa shape index (κ2) is 8.94. The number of hydrogen-bond acceptors (Lipinski definition) is 2. The normalized spacial score (nSPS) is 12.7. The van der Waals surface area contributed by atoms with E-state index < -0.39 is 0 Å². The summed E-state index contributed by atoms with van der Waals surface area (Å²) in [6.45, 7) is 7.53. The molecule has 0 radical (unpaired) electrons.